The van der Waals surface area contributed by atoms with Gasteiger partial charge in [0, 0.05) is 11.1 Å². The SMILES string of the molecule is N#Cc1c(-c2ccc(F)cc2)cc2c(c1C=O)COC2. The monoisotopic (exact) mass is 267 g/mol. The lowest BCUT2D eigenvalue weighted by atomic mass is 9.90. The summed E-state index contributed by atoms with van der Waals surface area (Å²) in [5.41, 5.74) is 3.73. The molecular weight excluding hydrogens is 257 g/mol. The third-order valence-corrected chi connectivity index (χ3v) is 3.46. The number of ether oxygens (including phenoxy) is 1. The Kier molecular flexibility index (Phi) is 3.05. The average molecular weight is 267 g/mol. The summed E-state index contributed by atoms with van der Waals surface area (Å²) in [6.07, 6.45) is 0.694. The first kappa shape index (κ1) is 12.5. The quantitative estimate of drug-likeness (QED) is 0.785. The fourth-order valence-corrected chi connectivity index (χ4v) is 2.47. The Morgan fingerprint density at radius 1 is 1.25 bits per heavy atom. The van der Waals surface area contributed by atoms with E-state index in [2.05, 4.69) is 6.07 Å². The van der Waals surface area contributed by atoms with Crippen LogP contribution in [0.4, 0.5) is 4.39 Å². The van der Waals surface area contributed by atoms with E-state index in [1.807, 2.05) is 6.07 Å². The molecule has 98 valence electrons. The third kappa shape index (κ3) is 1.89. The summed E-state index contributed by atoms with van der Waals surface area (Å²) in [5, 5.41) is 9.35. The topological polar surface area (TPSA) is 50.1 Å². The van der Waals surface area contributed by atoms with Crippen LogP contribution >= 0.6 is 0 Å². The first-order chi connectivity index (χ1) is 9.74. The van der Waals surface area contributed by atoms with E-state index in [1.165, 1.54) is 12.1 Å². The highest BCUT2D eigenvalue weighted by Gasteiger charge is 2.22. The maximum atomic E-state index is 13.0. The number of carbonyl (C=O) groups is 1. The summed E-state index contributed by atoms with van der Waals surface area (Å²) in [7, 11) is 0. The van der Waals surface area contributed by atoms with E-state index < -0.39 is 0 Å². The van der Waals surface area contributed by atoms with Gasteiger partial charge in [0.25, 0.3) is 0 Å². The second-order valence-electron chi connectivity index (χ2n) is 4.58. The van der Waals surface area contributed by atoms with E-state index in [0.717, 1.165) is 11.1 Å². The van der Waals surface area contributed by atoms with Gasteiger partial charge < -0.3 is 4.74 Å². The van der Waals surface area contributed by atoms with Crippen molar-refractivity contribution in [3.05, 3.63) is 58.4 Å². The van der Waals surface area contributed by atoms with Crippen molar-refractivity contribution in [3.8, 4) is 17.2 Å². The summed E-state index contributed by atoms with van der Waals surface area (Å²) in [5.74, 6) is -0.340. The van der Waals surface area contributed by atoms with Crippen molar-refractivity contribution in [1.82, 2.24) is 0 Å². The van der Waals surface area contributed by atoms with Crippen LogP contribution in [-0.2, 0) is 18.0 Å². The third-order valence-electron chi connectivity index (χ3n) is 3.46. The molecule has 0 saturated carbocycles. The highest BCUT2D eigenvalue weighted by atomic mass is 19.1. The molecule has 20 heavy (non-hydrogen) atoms. The van der Waals surface area contributed by atoms with Crippen LogP contribution in [0.25, 0.3) is 11.1 Å². The van der Waals surface area contributed by atoms with Gasteiger partial charge in [0.1, 0.15) is 11.9 Å². The second-order valence-corrected chi connectivity index (χ2v) is 4.58. The van der Waals surface area contributed by atoms with Crippen molar-refractivity contribution in [2.45, 2.75) is 13.2 Å². The second kappa shape index (κ2) is 4.87. The molecule has 0 saturated heterocycles. The number of carbonyl (C=O) groups excluding carboxylic acids is 1. The number of nitriles is 1. The smallest absolute Gasteiger partial charge is 0.151 e. The standard InChI is InChI=1S/C16H10FNO2/c17-12-3-1-10(2-4-12)13-5-11-8-20-9-16(11)15(7-19)14(13)6-18/h1-5,7H,8-9H2. The van der Waals surface area contributed by atoms with Crippen LogP contribution in [0, 0.1) is 17.1 Å². The molecule has 0 aromatic heterocycles. The van der Waals surface area contributed by atoms with E-state index >= 15 is 0 Å². The van der Waals surface area contributed by atoms with Crippen LogP contribution in [-0.4, -0.2) is 6.29 Å². The van der Waals surface area contributed by atoms with E-state index in [-0.39, 0.29) is 5.82 Å². The van der Waals surface area contributed by atoms with E-state index in [4.69, 9.17) is 4.74 Å². The largest absolute Gasteiger partial charge is 0.372 e. The zero-order valence-corrected chi connectivity index (χ0v) is 10.5. The molecule has 0 aliphatic carbocycles. The fraction of sp³-hybridized carbons (Fsp3) is 0.125. The van der Waals surface area contributed by atoms with Gasteiger partial charge in [-0.25, -0.2) is 4.39 Å². The minimum Gasteiger partial charge on any atom is -0.372 e. The predicted molar refractivity (Wildman–Crippen MR) is 70.4 cm³/mol. The maximum Gasteiger partial charge on any atom is 0.151 e. The van der Waals surface area contributed by atoms with Crippen LogP contribution in [0.5, 0.6) is 0 Å². The van der Waals surface area contributed by atoms with Crippen molar-refractivity contribution in [3.63, 3.8) is 0 Å². The summed E-state index contributed by atoms with van der Waals surface area (Å²) in [6.45, 7) is 0.776. The lowest BCUT2D eigenvalue weighted by molar-refractivity contribution is 0.111. The summed E-state index contributed by atoms with van der Waals surface area (Å²) in [4.78, 5) is 11.3. The molecule has 0 unspecified atom stereocenters. The molecule has 2 aromatic rings. The van der Waals surface area contributed by atoms with Crippen molar-refractivity contribution in [2.24, 2.45) is 0 Å². The molecule has 1 aliphatic heterocycles. The first-order valence-electron chi connectivity index (χ1n) is 6.12. The number of nitrogens with zero attached hydrogens (tertiary/aromatic N) is 1. The van der Waals surface area contributed by atoms with E-state index in [1.54, 1.807) is 12.1 Å². The van der Waals surface area contributed by atoms with Gasteiger partial charge in [-0.1, -0.05) is 12.1 Å². The number of rotatable bonds is 2. The Morgan fingerprint density at radius 3 is 2.65 bits per heavy atom. The van der Waals surface area contributed by atoms with Gasteiger partial charge in [0.15, 0.2) is 6.29 Å². The molecule has 0 N–H and O–H groups in total. The highest BCUT2D eigenvalue weighted by molar-refractivity contribution is 5.88. The minimum absolute atomic E-state index is 0.316. The fourth-order valence-electron chi connectivity index (χ4n) is 2.47. The molecule has 2 aromatic carbocycles. The van der Waals surface area contributed by atoms with Gasteiger partial charge >= 0.3 is 0 Å². The molecule has 0 bridgehead atoms. The number of hydrogen-bond donors (Lipinski definition) is 0. The van der Waals surface area contributed by atoms with Gasteiger partial charge in [-0.3, -0.25) is 4.79 Å². The number of aldehydes is 1. The van der Waals surface area contributed by atoms with Gasteiger partial charge in [-0.15, -0.1) is 0 Å². The predicted octanol–water partition coefficient (Wildman–Crippen LogP) is 3.21. The van der Waals surface area contributed by atoms with Crippen molar-refractivity contribution < 1.29 is 13.9 Å². The Hall–Kier alpha value is -2.51. The molecule has 0 spiro atoms. The summed E-state index contributed by atoms with van der Waals surface area (Å²) in [6, 6.07) is 9.79. The van der Waals surface area contributed by atoms with Gasteiger partial charge in [-0.2, -0.15) is 5.26 Å². The molecule has 0 amide bonds. The molecule has 1 aliphatic rings. The zero-order chi connectivity index (χ0) is 14.1. The van der Waals surface area contributed by atoms with Crippen LogP contribution in [0.15, 0.2) is 30.3 Å². The maximum absolute atomic E-state index is 13.0. The number of halogens is 1. The van der Waals surface area contributed by atoms with Crippen LogP contribution in [0.2, 0.25) is 0 Å². The average Bonchev–Trinajstić information content (AvgIpc) is 2.94. The summed E-state index contributed by atoms with van der Waals surface area (Å²) < 4.78 is 18.3. The zero-order valence-electron chi connectivity index (χ0n) is 10.5. The molecule has 4 heteroatoms. The molecule has 1 heterocycles. The van der Waals surface area contributed by atoms with Crippen molar-refractivity contribution in [2.75, 3.05) is 0 Å². The number of fused-ring (bicyclic) bond motifs is 1. The molecule has 3 nitrogen and oxygen atoms in total. The van der Waals surface area contributed by atoms with Crippen LogP contribution < -0.4 is 0 Å². The lowest BCUT2D eigenvalue weighted by Gasteiger charge is -2.10. The summed E-state index contributed by atoms with van der Waals surface area (Å²) >= 11 is 0. The Balaban J connectivity index is 2.28. The molecular formula is C16H10FNO2. The Morgan fingerprint density at radius 2 is 2.00 bits per heavy atom. The van der Waals surface area contributed by atoms with E-state index in [9.17, 15) is 14.4 Å². The highest BCUT2D eigenvalue weighted by Crippen LogP contribution is 2.33. The van der Waals surface area contributed by atoms with Crippen LogP contribution in [0.1, 0.15) is 27.0 Å². The van der Waals surface area contributed by atoms with E-state index in [0.29, 0.717) is 41.8 Å². The Labute approximate surface area is 115 Å². The first-order valence-corrected chi connectivity index (χ1v) is 6.12. The lowest BCUT2D eigenvalue weighted by Crippen LogP contribution is -1.99. The number of hydrogen-bond acceptors (Lipinski definition) is 3. The normalized spacial score (nSPS) is 12.8. The Bertz CT molecular complexity index is 730. The molecule has 0 atom stereocenters. The molecule has 0 fully saturated rings. The van der Waals surface area contributed by atoms with Gasteiger partial charge in [-0.05, 0) is 34.9 Å². The minimum atomic E-state index is -0.340. The van der Waals surface area contributed by atoms with Gasteiger partial charge in [0.2, 0.25) is 0 Å². The molecule has 3 rings (SSSR count). The van der Waals surface area contributed by atoms with Crippen molar-refractivity contribution >= 4 is 6.29 Å². The van der Waals surface area contributed by atoms with Gasteiger partial charge in [0.05, 0.1) is 18.8 Å². The number of benzene rings is 2. The van der Waals surface area contributed by atoms with Crippen molar-refractivity contribution in [1.29, 1.82) is 5.26 Å². The van der Waals surface area contributed by atoms with Crippen LogP contribution in [0.3, 0.4) is 0 Å². The molecule has 0 radical (unpaired) electrons.